The van der Waals surface area contributed by atoms with Gasteiger partial charge in [-0.05, 0) is 50.6 Å². The molecule has 3 atom stereocenters. The van der Waals surface area contributed by atoms with Crippen molar-refractivity contribution in [3.63, 3.8) is 0 Å². The van der Waals surface area contributed by atoms with Crippen LogP contribution in [-0.2, 0) is 11.2 Å². The number of hydrogen-bond acceptors (Lipinski definition) is 5. The van der Waals surface area contributed by atoms with Crippen molar-refractivity contribution in [2.24, 2.45) is 11.8 Å². The standard InChI is InChI=1S/C17H22N4O2/c1-10-8-14(10)16(22)19-13-6-4-12(5-7-13)17-20-15(21-23-17)9-11(2)18-3/h4-7,10-11,14,18H,8-9H2,1-3H3,(H,19,22). The van der Waals surface area contributed by atoms with Gasteiger partial charge in [0.25, 0.3) is 5.89 Å². The summed E-state index contributed by atoms with van der Waals surface area (Å²) in [4.78, 5) is 16.3. The normalized spacial score (nSPS) is 21.0. The molecule has 1 saturated carbocycles. The average Bonchev–Trinajstić information content (AvgIpc) is 3.10. The van der Waals surface area contributed by atoms with E-state index in [9.17, 15) is 4.79 Å². The fourth-order valence-electron chi connectivity index (χ4n) is 2.45. The summed E-state index contributed by atoms with van der Waals surface area (Å²) >= 11 is 0. The van der Waals surface area contributed by atoms with E-state index in [0.717, 1.165) is 17.7 Å². The number of carbonyl (C=O) groups is 1. The van der Waals surface area contributed by atoms with Crippen molar-refractivity contribution in [1.82, 2.24) is 15.5 Å². The largest absolute Gasteiger partial charge is 0.334 e. The zero-order chi connectivity index (χ0) is 16.4. The van der Waals surface area contributed by atoms with E-state index in [1.807, 2.05) is 31.3 Å². The van der Waals surface area contributed by atoms with Crippen LogP contribution in [0.4, 0.5) is 5.69 Å². The molecule has 0 radical (unpaired) electrons. The summed E-state index contributed by atoms with van der Waals surface area (Å²) in [6, 6.07) is 7.78. The van der Waals surface area contributed by atoms with Crippen LogP contribution in [0.2, 0.25) is 0 Å². The minimum Gasteiger partial charge on any atom is -0.334 e. The molecule has 2 N–H and O–H groups in total. The van der Waals surface area contributed by atoms with Crippen LogP contribution < -0.4 is 10.6 Å². The van der Waals surface area contributed by atoms with E-state index in [4.69, 9.17) is 4.52 Å². The molecular weight excluding hydrogens is 292 g/mol. The van der Waals surface area contributed by atoms with Crippen molar-refractivity contribution in [2.45, 2.75) is 32.7 Å². The molecule has 1 heterocycles. The maximum Gasteiger partial charge on any atom is 0.257 e. The molecule has 0 bridgehead atoms. The van der Waals surface area contributed by atoms with E-state index in [1.54, 1.807) is 0 Å². The molecule has 6 nitrogen and oxygen atoms in total. The van der Waals surface area contributed by atoms with Crippen molar-refractivity contribution in [2.75, 3.05) is 12.4 Å². The summed E-state index contributed by atoms with van der Waals surface area (Å²) in [6.07, 6.45) is 1.70. The number of nitrogens with one attached hydrogen (secondary N) is 2. The van der Waals surface area contributed by atoms with Gasteiger partial charge in [0, 0.05) is 29.6 Å². The van der Waals surface area contributed by atoms with E-state index in [-0.39, 0.29) is 11.8 Å². The van der Waals surface area contributed by atoms with Gasteiger partial charge in [-0.1, -0.05) is 12.1 Å². The summed E-state index contributed by atoms with van der Waals surface area (Å²) in [6.45, 7) is 4.16. The quantitative estimate of drug-likeness (QED) is 0.856. The Kier molecular flexibility index (Phi) is 4.43. The monoisotopic (exact) mass is 314 g/mol. The number of rotatable bonds is 6. The summed E-state index contributed by atoms with van der Waals surface area (Å²) in [5.74, 6) is 1.96. The third kappa shape index (κ3) is 3.76. The summed E-state index contributed by atoms with van der Waals surface area (Å²) in [5.41, 5.74) is 1.64. The van der Waals surface area contributed by atoms with E-state index < -0.39 is 0 Å². The number of nitrogens with zero attached hydrogens (tertiary/aromatic N) is 2. The minimum absolute atomic E-state index is 0.103. The Hall–Kier alpha value is -2.21. The van der Waals surface area contributed by atoms with Crippen LogP contribution in [0.3, 0.4) is 0 Å². The molecule has 1 amide bonds. The van der Waals surface area contributed by atoms with Crippen LogP contribution in [0.5, 0.6) is 0 Å². The molecular formula is C17H22N4O2. The zero-order valence-corrected chi connectivity index (χ0v) is 13.7. The van der Waals surface area contributed by atoms with Crippen LogP contribution in [-0.4, -0.2) is 29.1 Å². The molecule has 6 heteroatoms. The Bertz CT molecular complexity index is 680. The Labute approximate surface area is 135 Å². The summed E-state index contributed by atoms with van der Waals surface area (Å²) < 4.78 is 5.30. The van der Waals surface area contributed by atoms with Crippen LogP contribution in [0.25, 0.3) is 11.5 Å². The Morgan fingerprint density at radius 2 is 2.09 bits per heavy atom. The molecule has 1 aliphatic carbocycles. The van der Waals surface area contributed by atoms with Crippen LogP contribution in [0.1, 0.15) is 26.1 Å². The number of likely N-dealkylation sites (N-methyl/N-ethyl adjacent to an activating group) is 1. The summed E-state index contributed by atoms with van der Waals surface area (Å²) in [5, 5.41) is 10.1. The number of aromatic nitrogens is 2. The van der Waals surface area contributed by atoms with Crippen molar-refractivity contribution < 1.29 is 9.32 Å². The molecule has 3 rings (SSSR count). The second kappa shape index (κ2) is 6.50. The summed E-state index contributed by atoms with van der Waals surface area (Å²) in [7, 11) is 1.90. The average molecular weight is 314 g/mol. The molecule has 0 saturated heterocycles. The van der Waals surface area contributed by atoms with E-state index in [1.165, 1.54) is 0 Å². The highest BCUT2D eigenvalue weighted by Gasteiger charge is 2.39. The van der Waals surface area contributed by atoms with Gasteiger partial charge in [-0.3, -0.25) is 4.79 Å². The van der Waals surface area contributed by atoms with E-state index in [2.05, 4.69) is 34.6 Å². The second-order valence-corrected chi connectivity index (χ2v) is 6.30. The third-order valence-electron chi connectivity index (χ3n) is 4.30. The molecule has 1 aliphatic rings. The molecule has 2 aromatic rings. The van der Waals surface area contributed by atoms with Gasteiger partial charge >= 0.3 is 0 Å². The highest BCUT2D eigenvalue weighted by atomic mass is 16.5. The lowest BCUT2D eigenvalue weighted by Gasteiger charge is -2.05. The van der Waals surface area contributed by atoms with Crippen molar-refractivity contribution >= 4 is 11.6 Å². The van der Waals surface area contributed by atoms with Gasteiger partial charge in [0.2, 0.25) is 5.91 Å². The smallest absolute Gasteiger partial charge is 0.257 e. The zero-order valence-electron chi connectivity index (χ0n) is 13.7. The maximum atomic E-state index is 11.9. The van der Waals surface area contributed by atoms with E-state index in [0.29, 0.717) is 30.1 Å². The SMILES string of the molecule is CNC(C)Cc1noc(-c2ccc(NC(=O)C3CC3C)cc2)n1. The molecule has 0 aliphatic heterocycles. The lowest BCUT2D eigenvalue weighted by molar-refractivity contribution is -0.117. The molecule has 23 heavy (non-hydrogen) atoms. The Balaban J connectivity index is 1.64. The van der Waals surface area contributed by atoms with Gasteiger partial charge in [-0.25, -0.2) is 0 Å². The second-order valence-electron chi connectivity index (χ2n) is 6.30. The number of carbonyl (C=O) groups excluding carboxylic acids is 1. The molecule has 0 spiro atoms. The first-order chi connectivity index (χ1) is 11.1. The fraction of sp³-hybridized carbons (Fsp3) is 0.471. The van der Waals surface area contributed by atoms with Crippen LogP contribution in [0, 0.1) is 11.8 Å². The highest BCUT2D eigenvalue weighted by Crippen LogP contribution is 2.38. The maximum absolute atomic E-state index is 11.9. The fourth-order valence-corrected chi connectivity index (χ4v) is 2.45. The van der Waals surface area contributed by atoms with Crippen molar-refractivity contribution in [1.29, 1.82) is 0 Å². The third-order valence-corrected chi connectivity index (χ3v) is 4.30. The first-order valence-electron chi connectivity index (χ1n) is 7.98. The number of amides is 1. The lowest BCUT2D eigenvalue weighted by Crippen LogP contribution is -2.24. The topological polar surface area (TPSA) is 80.0 Å². The van der Waals surface area contributed by atoms with Crippen LogP contribution in [0.15, 0.2) is 28.8 Å². The lowest BCUT2D eigenvalue weighted by atomic mass is 10.2. The Morgan fingerprint density at radius 3 is 2.70 bits per heavy atom. The number of hydrogen-bond donors (Lipinski definition) is 2. The molecule has 1 fully saturated rings. The highest BCUT2D eigenvalue weighted by molar-refractivity contribution is 5.94. The minimum atomic E-state index is 0.103. The molecule has 3 unspecified atom stereocenters. The van der Waals surface area contributed by atoms with Gasteiger partial charge in [-0.15, -0.1) is 0 Å². The molecule has 122 valence electrons. The first-order valence-corrected chi connectivity index (χ1v) is 7.98. The van der Waals surface area contributed by atoms with Gasteiger partial charge in [0.05, 0.1) is 0 Å². The predicted molar refractivity (Wildman–Crippen MR) is 87.9 cm³/mol. The van der Waals surface area contributed by atoms with Gasteiger partial charge in [0.1, 0.15) is 0 Å². The Morgan fingerprint density at radius 1 is 1.39 bits per heavy atom. The molecule has 1 aromatic heterocycles. The van der Waals surface area contributed by atoms with Gasteiger partial charge in [-0.2, -0.15) is 4.98 Å². The molecule has 1 aromatic carbocycles. The van der Waals surface area contributed by atoms with Gasteiger partial charge in [0.15, 0.2) is 5.82 Å². The number of anilines is 1. The predicted octanol–water partition coefficient (Wildman–Crippen LogP) is 2.48. The van der Waals surface area contributed by atoms with Crippen molar-refractivity contribution in [3.8, 4) is 11.5 Å². The van der Waals surface area contributed by atoms with Crippen LogP contribution >= 0.6 is 0 Å². The van der Waals surface area contributed by atoms with E-state index >= 15 is 0 Å². The first kappa shape index (κ1) is 15.7. The van der Waals surface area contributed by atoms with Gasteiger partial charge < -0.3 is 15.2 Å². The van der Waals surface area contributed by atoms with Crippen molar-refractivity contribution in [3.05, 3.63) is 30.1 Å². The number of benzene rings is 1.